The number of H-pyrrole nitrogens is 1. The van der Waals surface area contributed by atoms with Gasteiger partial charge in [0.1, 0.15) is 5.82 Å². The number of nitrogens with zero attached hydrogens (tertiary/aromatic N) is 2. The van der Waals surface area contributed by atoms with Crippen molar-refractivity contribution < 1.29 is 9.18 Å². The summed E-state index contributed by atoms with van der Waals surface area (Å²) in [7, 11) is 0. The fraction of sp³-hybridized carbons (Fsp3) is 0.375. The maximum absolute atomic E-state index is 14.5. The van der Waals surface area contributed by atoms with Gasteiger partial charge in [0.25, 0.3) is 11.5 Å². The summed E-state index contributed by atoms with van der Waals surface area (Å²) in [5.74, 6) is -0.789. The maximum atomic E-state index is 14.5. The van der Waals surface area contributed by atoms with Gasteiger partial charge in [0.2, 0.25) is 0 Å². The zero-order valence-electron chi connectivity index (χ0n) is 17.2. The Morgan fingerprint density at radius 2 is 1.84 bits per heavy atom. The average Bonchev–Trinajstić information content (AvgIpc) is 3.27. The molecule has 2 fully saturated rings. The van der Waals surface area contributed by atoms with Crippen molar-refractivity contribution in [2.75, 3.05) is 13.1 Å². The molecule has 2 aromatic carbocycles. The third kappa shape index (κ3) is 3.97. The van der Waals surface area contributed by atoms with Gasteiger partial charge in [-0.05, 0) is 36.6 Å². The van der Waals surface area contributed by atoms with E-state index < -0.39 is 5.82 Å². The van der Waals surface area contributed by atoms with Gasteiger partial charge in [0.15, 0.2) is 0 Å². The predicted molar refractivity (Wildman–Crippen MR) is 117 cm³/mol. The minimum absolute atomic E-state index is 0.0885. The molecule has 2 N–H and O–H groups in total. The number of hydrogen-bond donors (Lipinski definition) is 2. The number of likely N-dealkylation sites (tertiary alicyclic amines) is 1. The average molecular weight is 420 g/mol. The second-order valence-corrected chi connectivity index (χ2v) is 8.59. The van der Waals surface area contributed by atoms with E-state index in [2.05, 4.69) is 15.5 Å². The van der Waals surface area contributed by atoms with Gasteiger partial charge in [0.05, 0.1) is 16.6 Å². The zero-order chi connectivity index (χ0) is 21.4. The highest BCUT2D eigenvalue weighted by Crippen LogP contribution is 2.23. The van der Waals surface area contributed by atoms with E-state index in [1.54, 1.807) is 29.2 Å². The first-order valence-electron chi connectivity index (χ1n) is 10.9. The molecule has 1 aliphatic heterocycles. The van der Waals surface area contributed by atoms with Crippen LogP contribution >= 0.6 is 0 Å². The molecular formula is C24H25FN4O2. The predicted octanol–water partition coefficient (Wildman–Crippen LogP) is 3.01. The van der Waals surface area contributed by atoms with Gasteiger partial charge in [-0.1, -0.05) is 37.1 Å². The minimum atomic E-state index is -0.514. The van der Waals surface area contributed by atoms with Crippen LogP contribution in [0.2, 0.25) is 0 Å². The molecule has 1 saturated carbocycles. The van der Waals surface area contributed by atoms with Crippen molar-refractivity contribution in [3.05, 3.63) is 75.5 Å². The molecule has 0 radical (unpaired) electrons. The van der Waals surface area contributed by atoms with Crippen molar-refractivity contribution in [2.45, 2.75) is 44.2 Å². The smallest absolute Gasteiger partial charge is 0.272 e. The quantitative estimate of drug-likeness (QED) is 0.665. The summed E-state index contributed by atoms with van der Waals surface area (Å²) in [6.45, 7) is 1.23. The van der Waals surface area contributed by atoms with Gasteiger partial charge >= 0.3 is 0 Å². The highest BCUT2D eigenvalue weighted by molar-refractivity contribution is 5.95. The van der Waals surface area contributed by atoms with E-state index in [1.165, 1.54) is 31.7 Å². The number of aromatic nitrogens is 2. The Hall–Kier alpha value is -3.06. The maximum Gasteiger partial charge on any atom is 0.272 e. The first-order valence-corrected chi connectivity index (χ1v) is 10.9. The van der Waals surface area contributed by atoms with Crippen molar-refractivity contribution in [1.29, 1.82) is 0 Å². The molecule has 0 spiro atoms. The standard InChI is InChI=1S/C24H25FN4O2/c25-21-10-9-15(12-22-18-7-3-4-8-19(18)23(30)28-27-22)11-20(21)24(31)29-13-17(14-29)26-16-5-1-2-6-16/h3-4,7-11,16-17,26H,1-2,5-6,12-14H2,(H,28,30). The minimum Gasteiger partial charge on any atom is -0.335 e. The number of halogens is 1. The lowest BCUT2D eigenvalue weighted by molar-refractivity contribution is 0.0548. The van der Waals surface area contributed by atoms with Crippen molar-refractivity contribution in [3.8, 4) is 0 Å². The molecular weight excluding hydrogens is 395 g/mol. The highest BCUT2D eigenvalue weighted by Gasteiger charge is 2.34. The number of aromatic amines is 1. The van der Waals surface area contributed by atoms with Gasteiger partial charge in [-0.15, -0.1) is 0 Å². The van der Waals surface area contributed by atoms with E-state index in [1.807, 2.05) is 12.1 Å². The molecule has 0 bridgehead atoms. The van der Waals surface area contributed by atoms with Crippen LogP contribution in [-0.2, 0) is 6.42 Å². The summed E-state index contributed by atoms with van der Waals surface area (Å²) in [6, 6.07) is 12.7. The Morgan fingerprint density at radius 1 is 1.10 bits per heavy atom. The van der Waals surface area contributed by atoms with Crippen LogP contribution in [-0.4, -0.2) is 46.2 Å². The van der Waals surface area contributed by atoms with Crippen molar-refractivity contribution in [1.82, 2.24) is 20.4 Å². The van der Waals surface area contributed by atoms with Gasteiger partial charge in [-0.2, -0.15) is 5.10 Å². The van der Waals surface area contributed by atoms with E-state index in [4.69, 9.17) is 0 Å². The number of rotatable bonds is 5. The lowest BCUT2D eigenvalue weighted by atomic mass is 10.0. The van der Waals surface area contributed by atoms with Gasteiger partial charge in [-0.25, -0.2) is 9.49 Å². The molecule has 0 atom stereocenters. The molecule has 1 amide bonds. The molecule has 1 aliphatic carbocycles. The molecule has 5 rings (SSSR count). The van der Waals surface area contributed by atoms with Crippen LogP contribution in [0.1, 0.15) is 47.3 Å². The van der Waals surface area contributed by atoms with Gasteiger partial charge in [0, 0.05) is 37.0 Å². The Kier molecular flexibility index (Phi) is 5.28. The van der Waals surface area contributed by atoms with Crippen LogP contribution in [0.25, 0.3) is 10.8 Å². The number of fused-ring (bicyclic) bond motifs is 1. The summed E-state index contributed by atoms with van der Waals surface area (Å²) in [5, 5.41) is 11.6. The number of carbonyl (C=O) groups excluding carboxylic acids is 1. The zero-order valence-corrected chi connectivity index (χ0v) is 17.2. The molecule has 2 heterocycles. The lowest BCUT2D eigenvalue weighted by Crippen LogP contribution is -2.61. The molecule has 2 aliphatic rings. The fourth-order valence-electron chi connectivity index (χ4n) is 4.69. The second-order valence-electron chi connectivity index (χ2n) is 8.59. The monoisotopic (exact) mass is 420 g/mol. The molecule has 1 aromatic heterocycles. The Morgan fingerprint density at radius 3 is 2.61 bits per heavy atom. The molecule has 31 heavy (non-hydrogen) atoms. The van der Waals surface area contributed by atoms with Gasteiger partial charge < -0.3 is 10.2 Å². The van der Waals surface area contributed by atoms with Crippen molar-refractivity contribution in [3.63, 3.8) is 0 Å². The number of nitrogens with one attached hydrogen (secondary N) is 2. The Labute approximate surface area is 179 Å². The summed E-state index contributed by atoms with van der Waals surface area (Å²) in [5.41, 5.74) is 1.30. The summed E-state index contributed by atoms with van der Waals surface area (Å²) < 4.78 is 14.5. The van der Waals surface area contributed by atoms with Gasteiger partial charge in [-0.3, -0.25) is 9.59 Å². The first kappa shape index (κ1) is 19.9. The molecule has 0 unspecified atom stereocenters. The number of hydrogen-bond acceptors (Lipinski definition) is 4. The fourth-order valence-corrected chi connectivity index (χ4v) is 4.69. The van der Waals surface area contributed by atoms with Crippen LogP contribution in [0.15, 0.2) is 47.3 Å². The number of benzene rings is 2. The number of carbonyl (C=O) groups is 1. The van der Waals surface area contributed by atoms with Crippen LogP contribution in [0.4, 0.5) is 4.39 Å². The van der Waals surface area contributed by atoms with Crippen LogP contribution < -0.4 is 10.9 Å². The normalized spacial score (nSPS) is 17.3. The van der Waals surface area contributed by atoms with Crippen LogP contribution in [0, 0.1) is 5.82 Å². The van der Waals surface area contributed by atoms with E-state index in [0.29, 0.717) is 42.7 Å². The molecule has 1 saturated heterocycles. The Balaban J connectivity index is 1.31. The molecule has 160 valence electrons. The highest BCUT2D eigenvalue weighted by atomic mass is 19.1. The van der Waals surface area contributed by atoms with Crippen LogP contribution in [0.3, 0.4) is 0 Å². The molecule has 7 heteroatoms. The summed E-state index contributed by atoms with van der Waals surface area (Å²) in [4.78, 5) is 26.6. The third-order valence-electron chi connectivity index (χ3n) is 6.40. The summed E-state index contributed by atoms with van der Waals surface area (Å²) >= 11 is 0. The number of amides is 1. The SMILES string of the molecule is O=C(c1cc(Cc2n[nH]c(=O)c3ccccc23)ccc1F)N1CC(NC2CCCC2)C1. The first-order chi connectivity index (χ1) is 15.1. The topological polar surface area (TPSA) is 78.1 Å². The van der Waals surface area contributed by atoms with E-state index in [9.17, 15) is 14.0 Å². The van der Waals surface area contributed by atoms with Crippen molar-refractivity contribution in [2.24, 2.45) is 0 Å². The summed E-state index contributed by atoms with van der Waals surface area (Å²) in [6.07, 6.45) is 5.34. The second kappa shape index (κ2) is 8.23. The van der Waals surface area contributed by atoms with E-state index >= 15 is 0 Å². The lowest BCUT2D eigenvalue weighted by Gasteiger charge is -2.41. The van der Waals surface area contributed by atoms with Crippen molar-refractivity contribution >= 4 is 16.7 Å². The van der Waals surface area contributed by atoms with E-state index in [0.717, 1.165) is 10.9 Å². The molecule has 6 nitrogen and oxygen atoms in total. The third-order valence-corrected chi connectivity index (χ3v) is 6.40. The largest absolute Gasteiger partial charge is 0.335 e. The Bertz CT molecular complexity index is 1180. The van der Waals surface area contributed by atoms with E-state index in [-0.39, 0.29) is 17.0 Å². The molecule has 3 aromatic rings. The van der Waals surface area contributed by atoms with Crippen LogP contribution in [0.5, 0.6) is 0 Å².